The quantitative estimate of drug-likeness (QED) is 0.615. The summed E-state index contributed by atoms with van der Waals surface area (Å²) in [6.45, 7) is 0. The molecule has 0 aliphatic carbocycles. The van der Waals surface area contributed by atoms with Crippen molar-refractivity contribution in [2.75, 3.05) is 13.4 Å². The van der Waals surface area contributed by atoms with E-state index in [1.165, 1.54) is 23.4 Å². The van der Waals surface area contributed by atoms with Crippen molar-refractivity contribution in [3.05, 3.63) is 35.4 Å². The number of nitrogens with zero attached hydrogens (tertiary/aromatic N) is 1. The van der Waals surface area contributed by atoms with Gasteiger partial charge in [0.15, 0.2) is 6.10 Å². The molecule has 0 saturated carbocycles. The van der Waals surface area contributed by atoms with Gasteiger partial charge in [0.2, 0.25) is 0 Å². The van der Waals surface area contributed by atoms with Gasteiger partial charge in [-0.1, -0.05) is 11.9 Å². The van der Waals surface area contributed by atoms with Crippen LogP contribution in [0.2, 0.25) is 0 Å². The first kappa shape index (κ1) is 12.3. The van der Waals surface area contributed by atoms with Gasteiger partial charge >= 0.3 is 0 Å². The molecule has 6 heteroatoms. The van der Waals surface area contributed by atoms with Gasteiger partial charge in [0.1, 0.15) is 17.7 Å². The van der Waals surface area contributed by atoms with E-state index < -0.39 is 23.8 Å². The lowest BCUT2D eigenvalue weighted by Crippen LogP contribution is -2.56. The number of hydrogen-bond acceptors (Lipinski definition) is 3. The SMILES string of the molecule is COC1C(=O)N(SC)C1c1cc(F)ccc1F. The van der Waals surface area contributed by atoms with Gasteiger partial charge in [-0.25, -0.2) is 8.78 Å². The predicted molar refractivity (Wildman–Crippen MR) is 60.3 cm³/mol. The molecule has 3 nitrogen and oxygen atoms in total. The highest BCUT2D eigenvalue weighted by molar-refractivity contribution is 7.96. The Balaban J connectivity index is 2.37. The van der Waals surface area contributed by atoms with Crippen molar-refractivity contribution >= 4 is 17.9 Å². The van der Waals surface area contributed by atoms with E-state index in [0.29, 0.717) is 0 Å². The highest BCUT2D eigenvalue weighted by Crippen LogP contribution is 2.41. The van der Waals surface area contributed by atoms with Crippen LogP contribution < -0.4 is 0 Å². The molecule has 1 saturated heterocycles. The normalized spacial score (nSPS) is 23.8. The minimum Gasteiger partial charge on any atom is -0.369 e. The molecule has 92 valence electrons. The maximum absolute atomic E-state index is 13.6. The van der Waals surface area contributed by atoms with Gasteiger partial charge < -0.3 is 4.74 Å². The molecule has 0 spiro atoms. The summed E-state index contributed by atoms with van der Waals surface area (Å²) in [5.41, 5.74) is 0.144. The molecule has 17 heavy (non-hydrogen) atoms. The molecule has 1 aromatic rings. The third-order valence-corrected chi connectivity index (χ3v) is 3.53. The zero-order valence-corrected chi connectivity index (χ0v) is 10.1. The number of ether oxygens (including phenoxy) is 1. The second-order valence-electron chi connectivity index (χ2n) is 3.61. The van der Waals surface area contributed by atoms with Crippen LogP contribution in [-0.4, -0.2) is 29.7 Å². The van der Waals surface area contributed by atoms with Gasteiger partial charge in [0, 0.05) is 18.9 Å². The van der Waals surface area contributed by atoms with Crippen LogP contribution in [0.1, 0.15) is 11.6 Å². The van der Waals surface area contributed by atoms with Crippen molar-refractivity contribution in [3.63, 3.8) is 0 Å². The van der Waals surface area contributed by atoms with Crippen LogP contribution in [0, 0.1) is 11.6 Å². The predicted octanol–water partition coefficient (Wildman–Crippen LogP) is 2.14. The van der Waals surface area contributed by atoms with Crippen molar-refractivity contribution < 1.29 is 18.3 Å². The van der Waals surface area contributed by atoms with Crippen LogP contribution in [0.3, 0.4) is 0 Å². The molecule has 0 radical (unpaired) electrons. The van der Waals surface area contributed by atoms with Crippen molar-refractivity contribution in [1.29, 1.82) is 0 Å². The molecular formula is C11H11F2NO2S. The topological polar surface area (TPSA) is 29.5 Å². The first-order chi connectivity index (χ1) is 8.10. The van der Waals surface area contributed by atoms with Gasteiger partial charge in [-0.3, -0.25) is 9.10 Å². The molecule has 1 aliphatic rings. The molecule has 2 unspecified atom stereocenters. The number of carbonyl (C=O) groups excluding carboxylic acids is 1. The smallest absolute Gasteiger partial charge is 0.264 e. The van der Waals surface area contributed by atoms with Gasteiger partial charge in [-0.15, -0.1) is 0 Å². The van der Waals surface area contributed by atoms with Crippen LogP contribution in [0.25, 0.3) is 0 Å². The third-order valence-electron chi connectivity index (χ3n) is 2.73. The van der Waals surface area contributed by atoms with E-state index in [4.69, 9.17) is 4.74 Å². The van der Waals surface area contributed by atoms with E-state index in [2.05, 4.69) is 0 Å². The fourth-order valence-electron chi connectivity index (χ4n) is 1.90. The monoisotopic (exact) mass is 259 g/mol. The van der Waals surface area contributed by atoms with Crippen LogP contribution in [0.15, 0.2) is 18.2 Å². The lowest BCUT2D eigenvalue weighted by molar-refractivity contribution is -0.158. The fourth-order valence-corrected chi connectivity index (χ4v) is 2.64. The van der Waals surface area contributed by atoms with Gasteiger partial charge in [0.25, 0.3) is 5.91 Å². The number of hydrogen-bond donors (Lipinski definition) is 0. The highest BCUT2D eigenvalue weighted by Gasteiger charge is 2.49. The molecule has 1 fully saturated rings. The lowest BCUT2D eigenvalue weighted by Gasteiger charge is -2.44. The first-order valence-electron chi connectivity index (χ1n) is 4.95. The zero-order chi connectivity index (χ0) is 12.6. The van der Waals surface area contributed by atoms with E-state index in [9.17, 15) is 13.6 Å². The zero-order valence-electron chi connectivity index (χ0n) is 9.31. The maximum Gasteiger partial charge on any atom is 0.264 e. The number of rotatable bonds is 3. The van der Waals surface area contributed by atoms with E-state index in [1.54, 1.807) is 6.26 Å². The summed E-state index contributed by atoms with van der Waals surface area (Å²) >= 11 is 1.17. The molecule has 1 amide bonds. The number of methoxy groups -OCH3 is 1. The number of benzene rings is 1. The number of amides is 1. The molecule has 0 N–H and O–H groups in total. The molecular weight excluding hydrogens is 248 g/mol. The Morgan fingerprint density at radius 1 is 1.41 bits per heavy atom. The Labute approximate surface area is 102 Å². The summed E-state index contributed by atoms with van der Waals surface area (Å²) in [5.74, 6) is -1.30. The van der Waals surface area contributed by atoms with Crippen LogP contribution in [-0.2, 0) is 9.53 Å². The average molecular weight is 259 g/mol. The summed E-state index contributed by atoms with van der Waals surface area (Å²) in [6, 6.07) is 2.63. The van der Waals surface area contributed by atoms with E-state index >= 15 is 0 Å². The summed E-state index contributed by atoms with van der Waals surface area (Å²) in [5, 5.41) is 0. The maximum atomic E-state index is 13.6. The Bertz CT molecular complexity index is 441. The highest BCUT2D eigenvalue weighted by atomic mass is 32.2. The van der Waals surface area contributed by atoms with E-state index in [0.717, 1.165) is 18.2 Å². The number of carbonyl (C=O) groups is 1. The van der Waals surface area contributed by atoms with Crippen LogP contribution in [0.4, 0.5) is 8.78 Å². The Morgan fingerprint density at radius 3 is 2.71 bits per heavy atom. The van der Waals surface area contributed by atoms with Crippen molar-refractivity contribution in [3.8, 4) is 0 Å². The van der Waals surface area contributed by atoms with E-state index in [-0.39, 0.29) is 11.5 Å². The Hall–Kier alpha value is -1.14. The van der Waals surface area contributed by atoms with Crippen LogP contribution >= 0.6 is 11.9 Å². The minimum atomic E-state index is -0.737. The second-order valence-corrected chi connectivity index (χ2v) is 4.37. The van der Waals surface area contributed by atoms with E-state index in [1.807, 2.05) is 0 Å². The molecule has 2 rings (SSSR count). The van der Waals surface area contributed by atoms with Crippen molar-refractivity contribution in [2.24, 2.45) is 0 Å². The molecule has 2 atom stereocenters. The molecule has 0 bridgehead atoms. The summed E-state index contributed by atoms with van der Waals surface area (Å²) < 4.78 is 33.1. The Kier molecular flexibility index (Phi) is 3.35. The minimum absolute atomic E-state index is 0.144. The van der Waals surface area contributed by atoms with Crippen molar-refractivity contribution in [2.45, 2.75) is 12.1 Å². The molecule has 1 aliphatic heterocycles. The molecule has 1 heterocycles. The standard InChI is InChI=1S/C11H11F2NO2S/c1-16-10-9(14(17-2)11(10)15)7-5-6(12)3-4-8(7)13/h3-5,9-10H,1-2H3. The molecule has 0 aromatic heterocycles. The summed E-state index contributed by atoms with van der Waals surface area (Å²) in [4.78, 5) is 11.6. The second kappa shape index (κ2) is 4.62. The molecule has 1 aromatic carbocycles. The van der Waals surface area contributed by atoms with Gasteiger partial charge in [-0.2, -0.15) is 0 Å². The fraction of sp³-hybridized carbons (Fsp3) is 0.364. The third kappa shape index (κ3) is 1.91. The first-order valence-corrected chi connectivity index (χ1v) is 6.13. The largest absolute Gasteiger partial charge is 0.369 e. The number of halogens is 2. The summed E-state index contributed by atoms with van der Waals surface area (Å²) in [7, 11) is 1.38. The lowest BCUT2D eigenvalue weighted by atomic mass is 9.93. The van der Waals surface area contributed by atoms with Gasteiger partial charge in [0.05, 0.1) is 0 Å². The van der Waals surface area contributed by atoms with Gasteiger partial charge in [-0.05, 0) is 18.2 Å². The summed E-state index contributed by atoms with van der Waals surface area (Å²) in [6.07, 6.45) is 0.965. The Morgan fingerprint density at radius 2 is 2.12 bits per heavy atom. The number of β-lactam (4-membered cyclic amide) rings is 1. The average Bonchev–Trinajstić information content (AvgIpc) is 2.30. The van der Waals surface area contributed by atoms with Crippen molar-refractivity contribution in [1.82, 2.24) is 4.31 Å². The van der Waals surface area contributed by atoms with Crippen LogP contribution in [0.5, 0.6) is 0 Å².